The SMILES string of the molecule is Cc1cc(CC(=O)N2CCC(n3c(=O)[nH]c4cccc(C(F)(F)F)c43)CC2)cc2cccnc12. The number of imidazole rings is 1. The third-order valence-corrected chi connectivity index (χ3v) is 6.54. The van der Waals surface area contributed by atoms with Crippen molar-refractivity contribution in [1.82, 2.24) is 19.4 Å². The summed E-state index contributed by atoms with van der Waals surface area (Å²) in [6, 6.07) is 11.1. The second kappa shape index (κ2) is 8.30. The van der Waals surface area contributed by atoms with Crippen molar-refractivity contribution < 1.29 is 18.0 Å². The molecule has 0 unspecified atom stereocenters. The molecule has 0 atom stereocenters. The molecule has 0 bridgehead atoms. The smallest absolute Gasteiger partial charge is 0.342 e. The largest absolute Gasteiger partial charge is 0.418 e. The Morgan fingerprint density at radius 3 is 2.65 bits per heavy atom. The molecule has 176 valence electrons. The minimum absolute atomic E-state index is 0.0386. The van der Waals surface area contributed by atoms with Gasteiger partial charge in [0.15, 0.2) is 0 Å². The Hall–Kier alpha value is -3.62. The number of hydrogen-bond donors (Lipinski definition) is 1. The van der Waals surface area contributed by atoms with Gasteiger partial charge in [-0.2, -0.15) is 13.2 Å². The van der Waals surface area contributed by atoms with Crippen LogP contribution in [-0.4, -0.2) is 38.4 Å². The predicted octanol–water partition coefficient (Wildman–Crippen LogP) is 4.61. The molecule has 34 heavy (non-hydrogen) atoms. The molecule has 2 aromatic heterocycles. The molecule has 1 saturated heterocycles. The molecule has 0 radical (unpaired) electrons. The number of pyridine rings is 1. The van der Waals surface area contributed by atoms with E-state index in [9.17, 15) is 22.8 Å². The molecule has 5 rings (SSSR count). The lowest BCUT2D eigenvalue weighted by Crippen LogP contribution is -2.41. The number of aromatic amines is 1. The average molecular weight is 468 g/mol. The van der Waals surface area contributed by atoms with Gasteiger partial charge in [0.1, 0.15) is 0 Å². The van der Waals surface area contributed by atoms with Crippen LogP contribution in [0.2, 0.25) is 0 Å². The summed E-state index contributed by atoms with van der Waals surface area (Å²) in [4.78, 5) is 34.2. The van der Waals surface area contributed by atoms with Gasteiger partial charge >= 0.3 is 11.9 Å². The summed E-state index contributed by atoms with van der Waals surface area (Å²) in [5, 5.41) is 0.975. The first-order valence-corrected chi connectivity index (χ1v) is 11.1. The maximum Gasteiger partial charge on any atom is 0.418 e. The number of benzene rings is 2. The minimum Gasteiger partial charge on any atom is -0.342 e. The van der Waals surface area contributed by atoms with E-state index in [1.165, 1.54) is 16.7 Å². The van der Waals surface area contributed by atoms with E-state index in [4.69, 9.17) is 0 Å². The summed E-state index contributed by atoms with van der Waals surface area (Å²) in [5.41, 5.74) is 1.46. The van der Waals surface area contributed by atoms with Gasteiger partial charge in [0.2, 0.25) is 5.91 Å². The molecular weight excluding hydrogens is 445 g/mol. The van der Waals surface area contributed by atoms with Crippen molar-refractivity contribution in [2.24, 2.45) is 0 Å². The highest BCUT2D eigenvalue weighted by molar-refractivity contribution is 5.85. The number of carbonyl (C=O) groups is 1. The number of halogens is 3. The number of fused-ring (bicyclic) bond motifs is 2. The zero-order valence-electron chi connectivity index (χ0n) is 18.5. The summed E-state index contributed by atoms with van der Waals surface area (Å²) in [7, 11) is 0. The van der Waals surface area contributed by atoms with Gasteiger partial charge in [-0.3, -0.25) is 14.3 Å². The summed E-state index contributed by atoms with van der Waals surface area (Å²) < 4.78 is 42.0. The topological polar surface area (TPSA) is 71.0 Å². The number of hydrogen-bond acceptors (Lipinski definition) is 3. The normalized spacial score (nSPS) is 15.4. The van der Waals surface area contributed by atoms with Crippen LogP contribution in [0.25, 0.3) is 21.9 Å². The highest BCUT2D eigenvalue weighted by Gasteiger charge is 2.36. The molecule has 3 heterocycles. The van der Waals surface area contributed by atoms with Gasteiger partial charge in [-0.15, -0.1) is 0 Å². The molecule has 1 aliphatic heterocycles. The number of likely N-dealkylation sites (tertiary alicyclic amines) is 1. The van der Waals surface area contributed by atoms with E-state index in [2.05, 4.69) is 9.97 Å². The zero-order chi connectivity index (χ0) is 24.0. The van der Waals surface area contributed by atoms with Crippen LogP contribution in [0.5, 0.6) is 0 Å². The number of carbonyl (C=O) groups excluding carboxylic acids is 1. The number of piperidine rings is 1. The number of rotatable bonds is 3. The van der Waals surface area contributed by atoms with Crippen LogP contribution in [0, 0.1) is 6.92 Å². The first-order chi connectivity index (χ1) is 16.2. The first kappa shape index (κ1) is 22.2. The van der Waals surface area contributed by atoms with Crippen LogP contribution >= 0.6 is 0 Å². The van der Waals surface area contributed by atoms with Gasteiger partial charge in [0.25, 0.3) is 0 Å². The number of para-hydroxylation sites is 1. The van der Waals surface area contributed by atoms with Crippen molar-refractivity contribution in [3.63, 3.8) is 0 Å². The number of aromatic nitrogens is 3. The van der Waals surface area contributed by atoms with Crippen LogP contribution in [0.4, 0.5) is 13.2 Å². The quantitative estimate of drug-likeness (QED) is 0.477. The van der Waals surface area contributed by atoms with Crippen molar-refractivity contribution in [1.29, 1.82) is 0 Å². The number of alkyl halides is 3. The van der Waals surface area contributed by atoms with Crippen LogP contribution in [0.15, 0.2) is 53.5 Å². The molecule has 2 aromatic carbocycles. The number of H-pyrrole nitrogens is 1. The summed E-state index contributed by atoms with van der Waals surface area (Å²) in [6.45, 7) is 2.72. The second-order valence-corrected chi connectivity index (χ2v) is 8.78. The van der Waals surface area contributed by atoms with E-state index in [1.807, 2.05) is 31.2 Å². The van der Waals surface area contributed by atoms with Gasteiger partial charge in [-0.05, 0) is 55.2 Å². The lowest BCUT2D eigenvalue weighted by Gasteiger charge is -2.33. The van der Waals surface area contributed by atoms with Crippen LogP contribution in [0.1, 0.15) is 35.6 Å². The predicted molar refractivity (Wildman–Crippen MR) is 123 cm³/mol. The van der Waals surface area contributed by atoms with Gasteiger partial charge in [0.05, 0.1) is 28.5 Å². The lowest BCUT2D eigenvalue weighted by molar-refractivity contribution is -0.136. The third-order valence-electron chi connectivity index (χ3n) is 6.54. The number of aryl methyl sites for hydroxylation is 1. The Bertz CT molecular complexity index is 1450. The van der Waals surface area contributed by atoms with Gasteiger partial charge in [-0.25, -0.2) is 4.79 Å². The Morgan fingerprint density at radius 2 is 1.91 bits per heavy atom. The fourth-order valence-electron chi connectivity index (χ4n) is 4.97. The summed E-state index contributed by atoms with van der Waals surface area (Å²) in [5.74, 6) is -0.0386. The maximum absolute atomic E-state index is 13.6. The van der Waals surface area contributed by atoms with Crippen LogP contribution in [0.3, 0.4) is 0 Å². The standard InChI is InChI=1S/C25H23F3N4O2/c1-15-12-16(13-17-4-3-9-29-22(15)17)14-21(33)31-10-7-18(8-11-31)32-23-19(25(26,27)28)5-2-6-20(23)30-24(32)34/h2-6,9,12-13,18H,7-8,10-11,14H2,1H3,(H,30,34). The third kappa shape index (κ3) is 3.95. The van der Waals surface area contributed by atoms with Gasteiger partial charge < -0.3 is 9.88 Å². The molecule has 9 heteroatoms. The van der Waals surface area contributed by atoms with Crippen molar-refractivity contribution >= 4 is 27.8 Å². The molecule has 1 fully saturated rings. The van der Waals surface area contributed by atoms with E-state index in [0.717, 1.165) is 28.1 Å². The van der Waals surface area contributed by atoms with E-state index < -0.39 is 23.5 Å². The second-order valence-electron chi connectivity index (χ2n) is 8.78. The molecule has 1 aliphatic rings. The van der Waals surface area contributed by atoms with E-state index in [0.29, 0.717) is 25.9 Å². The fraction of sp³-hybridized carbons (Fsp3) is 0.320. The average Bonchev–Trinajstić information content (AvgIpc) is 3.14. The van der Waals surface area contributed by atoms with Crippen LogP contribution in [-0.2, 0) is 17.4 Å². The molecule has 4 aromatic rings. The molecule has 0 aliphatic carbocycles. The van der Waals surface area contributed by atoms with E-state index in [-0.39, 0.29) is 23.4 Å². The molecular formula is C25H23F3N4O2. The van der Waals surface area contributed by atoms with Crippen molar-refractivity contribution in [3.8, 4) is 0 Å². The maximum atomic E-state index is 13.6. The number of nitrogens with one attached hydrogen (secondary N) is 1. The van der Waals surface area contributed by atoms with E-state index in [1.54, 1.807) is 11.1 Å². The summed E-state index contributed by atoms with van der Waals surface area (Å²) in [6.07, 6.45) is -1.78. The van der Waals surface area contributed by atoms with Crippen molar-refractivity contribution in [3.05, 3.63) is 75.8 Å². The van der Waals surface area contributed by atoms with Gasteiger partial charge in [-0.1, -0.05) is 18.2 Å². The minimum atomic E-state index is -4.57. The van der Waals surface area contributed by atoms with Crippen LogP contribution < -0.4 is 5.69 Å². The Kier molecular flexibility index (Phi) is 5.42. The first-order valence-electron chi connectivity index (χ1n) is 11.1. The fourth-order valence-corrected chi connectivity index (χ4v) is 4.97. The zero-order valence-corrected chi connectivity index (χ0v) is 18.5. The highest BCUT2D eigenvalue weighted by atomic mass is 19.4. The van der Waals surface area contributed by atoms with Crippen molar-refractivity contribution in [2.75, 3.05) is 13.1 Å². The molecule has 0 spiro atoms. The summed E-state index contributed by atoms with van der Waals surface area (Å²) >= 11 is 0. The Labute approximate surface area is 193 Å². The number of amides is 1. The Balaban J connectivity index is 1.34. The molecule has 1 amide bonds. The van der Waals surface area contributed by atoms with E-state index >= 15 is 0 Å². The Morgan fingerprint density at radius 1 is 1.15 bits per heavy atom. The van der Waals surface area contributed by atoms with Crippen molar-refractivity contribution in [2.45, 2.75) is 38.4 Å². The lowest BCUT2D eigenvalue weighted by atomic mass is 10.0. The molecule has 0 saturated carbocycles. The number of nitrogens with zero attached hydrogens (tertiary/aromatic N) is 3. The monoisotopic (exact) mass is 468 g/mol. The molecule has 1 N–H and O–H groups in total. The molecule has 6 nitrogen and oxygen atoms in total. The van der Waals surface area contributed by atoms with Gasteiger partial charge in [0, 0.05) is 30.7 Å². The highest BCUT2D eigenvalue weighted by Crippen LogP contribution is 2.36.